The van der Waals surface area contributed by atoms with Crippen LogP contribution in [0.3, 0.4) is 0 Å². The van der Waals surface area contributed by atoms with Gasteiger partial charge in [0, 0.05) is 12.1 Å². The fourth-order valence-electron chi connectivity index (χ4n) is 2.71. The number of anilines is 1. The molecule has 0 radical (unpaired) electrons. The van der Waals surface area contributed by atoms with Crippen molar-refractivity contribution < 1.29 is 19.1 Å². The largest absolute Gasteiger partial charge is 0.492 e. The number of carbonyl (C=O) groups excluding carboxylic acids is 2. The third kappa shape index (κ3) is 7.82. The number of esters is 1. The highest BCUT2D eigenvalue weighted by Crippen LogP contribution is 2.29. The lowest BCUT2D eigenvalue weighted by atomic mass is 10.0. The van der Waals surface area contributed by atoms with Crippen LogP contribution in [0.4, 0.5) is 5.69 Å². The highest BCUT2D eigenvalue weighted by Gasteiger charge is 2.09. The smallest absolute Gasteiger partial charge is 0.338 e. The Labute approximate surface area is 187 Å². The second kappa shape index (κ2) is 12.4. The summed E-state index contributed by atoms with van der Waals surface area (Å²) >= 11 is 3.54. The minimum absolute atomic E-state index is 0.0916. The van der Waals surface area contributed by atoms with Crippen LogP contribution in [0.1, 0.15) is 68.3 Å². The van der Waals surface area contributed by atoms with Crippen molar-refractivity contribution in [3.8, 4) is 5.75 Å². The number of amides is 1. The first-order valence-corrected chi connectivity index (χ1v) is 11.2. The number of carbonyl (C=O) groups is 2. The number of hydrogen-bond donors (Lipinski definition) is 1. The molecule has 0 aliphatic heterocycles. The van der Waals surface area contributed by atoms with Crippen molar-refractivity contribution in [2.45, 2.75) is 52.4 Å². The SMILES string of the molecule is CCCCOC(=O)c1ccc(NC(=O)CCCOc2ccc(C(C)C)cc2Br)cc1. The molecule has 162 valence electrons. The van der Waals surface area contributed by atoms with Crippen molar-refractivity contribution in [1.82, 2.24) is 0 Å². The molecule has 30 heavy (non-hydrogen) atoms. The van der Waals surface area contributed by atoms with E-state index in [2.05, 4.69) is 47.2 Å². The minimum atomic E-state index is -0.342. The van der Waals surface area contributed by atoms with E-state index >= 15 is 0 Å². The molecule has 0 fully saturated rings. The molecular weight excluding hydrogens is 446 g/mol. The molecule has 0 bridgehead atoms. The van der Waals surface area contributed by atoms with Crippen LogP contribution in [0, 0.1) is 0 Å². The van der Waals surface area contributed by atoms with Crippen LogP contribution in [-0.4, -0.2) is 25.1 Å². The van der Waals surface area contributed by atoms with E-state index in [4.69, 9.17) is 9.47 Å². The molecular formula is C24H30BrNO4. The summed E-state index contributed by atoms with van der Waals surface area (Å²) in [4.78, 5) is 24.0. The van der Waals surface area contributed by atoms with Gasteiger partial charge in [-0.3, -0.25) is 4.79 Å². The Morgan fingerprint density at radius 2 is 1.77 bits per heavy atom. The molecule has 2 aromatic rings. The zero-order valence-electron chi connectivity index (χ0n) is 17.9. The Morgan fingerprint density at radius 3 is 2.40 bits per heavy atom. The maximum Gasteiger partial charge on any atom is 0.338 e. The standard InChI is InChI=1S/C24H30BrNO4/c1-4-5-14-30-24(28)18-8-11-20(12-9-18)26-23(27)7-6-15-29-22-13-10-19(17(2)3)16-21(22)25/h8-13,16-17H,4-7,14-15H2,1-3H3,(H,26,27). The third-order valence-electron chi connectivity index (χ3n) is 4.56. The van der Waals surface area contributed by atoms with E-state index in [9.17, 15) is 9.59 Å². The molecule has 0 aliphatic carbocycles. The maximum absolute atomic E-state index is 12.1. The predicted octanol–water partition coefficient (Wildman–Crippen LogP) is 6.33. The highest BCUT2D eigenvalue weighted by atomic mass is 79.9. The number of benzene rings is 2. The van der Waals surface area contributed by atoms with Crippen LogP contribution in [0.5, 0.6) is 5.75 Å². The molecule has 0 spiro atoms. The molecule has 1 N–H and O–H groups in total. The fraction of sp³-hybridized carbons (Fsp3) is 0.417. The van der Waals surface area contributed by atoms with Gasteiger partial charge < -0.3 is 14.8 Å². The van der Waals surface area contributed by atoms with Gasteiger partial charge in [-0.25, -0.2) is 4.79 Å². The van der Waals surface area contributed by atoms with Gasteiger partial charge in [0.25, 0.3) is 0 Å². The van der Waals surface area contributed by atoms with Gasteiger partial charge in [0.15, 0.2) is 0 Å². The van der Waals surface area contributed by atoms with E-state index in [0.29, 0.717) is 43.2 Å². The normalized spacial score (nSPS) is 10.7. The summed E-state index contributed by atoms with van der Waals surface area (Å²) in [5.74, 6) is 0.804. The van der Waals surface area contributed by atoms with Crippen molar-refractivity contribution in [3.63, 3.8) is 0 Å². The molecule has 0 heterocycles. The molecule has 0 saturated carbocycles. The van der Waals surface area contributed by atoms with E-state index in [1.807, 2.05) is 13.0 Å². The summed E-state index contributed by atoms with van der Waals surface area (Å²) in [5, 5.41) is 2.83. The predicted molar refractivity (Wildman–Crippen MR) is 123 cm³/mol. The lowest BCUT2D eigenvalue weighted by molar-refractivity contribution is -0.116. The molecule has 0 aliphatic rings. The Bertz CT molecular complexity index is 834. The highest BCUT2D eigenvalue weighted by molar-refractivity contribution is 9.10. The summed E-state index contributed by atoms with van der Waals surface area (Å²) in [7, 11) is 0. The molecule has 2 rings (SSSR count). The lowest BCUT2D eigenvalue weighted by Gasteiger charge is -2.11. The second-order valence-corrected chi connectivity index (χ2v) is 8.27. The van der Waals surface area contributed by atoms with Crippen LogP contribution in [-0.2, 0) is 9.53 Å². The van der Waals surface area contributed by atoms with E-state index in [1.165, 1.54) is 5.56 Å². The third-order valence-corrected chi connectivity index (χ3v) is 5.18. The minimum Gasteiger partial charge on any atom is -0.492 e. The van der Waals surface area contributed by atoms with E-state index in [-0.39, 0.29) is 11.9 Å². The monoisotopic (exact) mass is 475 g/mol. The van der Waals surface area contributed by atoms with Crippen LogP contribution in [0.25, 0.3) is 0 Å². The Kier molecular flexibility index (Phi) is 9.87. The van der Waals surface area contributed by atoms with Crippen LogP contribution in [0.2, 0.25) is 0 Å². The maximum atomic E-state index is 12.1. The second-order valence-electron chi connectivity index (χ2n) is 7.41. The van der Waals surface area contributed by atoms with Gasteiger partial charge in [0.1, 0.15) is 5.75 Å². The molecule has 0 unspecified atom stereocenters. The van der Waals surface area contributed by atoms with Crippen molar-refractivity contribution >= 4 is 33.5 Å². The van der Waals surface area contributed by atoms with E-state index in [0.717, 1.165) is 23.1 Å². The van der Waals surface area contributed by atoms with Crippen molar-refractivity contribution in [2.24, 2.45) is 0 Å². The molecule has 0 aromatic heterocycles. The molecule has 1 amide bonds. The number of unbranched alkanes of at least 4 members (excludes halogenated alkanes) is 1. The summed E-state index contributed by atoms with van der Waals surface area (Å²) in [6.45, 7) is 7.21. The van der Waals surface area contributed by atoms with E-state index < -0.39 is 0 Å². The summed E-state index contributed by atoms with van der Waals surface area (Å²) in [6, 6.07) is 12.8. The Balaban J connectivity index is 1.72. The summed E-state index contributed by atoms with van der Waals surface area (Å²) in [6.07, 6.45) is 2.78. The van der Waals surface area contributed by atoms with Gasteiger partial charge in [0.05, 0.1) is 23.2 Å². The number of halogens is 1. The quantitative estimate of drug-likeness (QED) is 0.304. The zero-order chi connectivity index (χ0) is 21.9. The first-order valence-electron chi connectivity index (χ1n) is 10.4. The molecule has 5 nitrogen and oxygen atoms in total. The van der Waals surface area contributed by atoms with Gasteiger partial charge in [-0.2, -0.15) is 0 Å². The molecule has 0 atom stereocenters. The first-order chi connectivity index (χ1) is 14.4. The number of nitrogens with one attached hydrogen (secondary N) is 1. The van der Waals surface area contributed by atoms with Crippen molar-refractivity contribution in [3.05, 3.63) is 58.1 Å². The Hall–Kier alpha value is -2.34. The lowest BCUT2D eigenvalue weighted by Crippen LogP contribution is -2.13. The fourth-order valence-corrected chi connectivity index (χ4v) is 3.22. The number of hydrogen-bond acceptors (Lipinski definition) is 4. The molecule has 0 saturated heterocycles. The summed E-state index contributed by atoms with van der Waals surface area (Å²) in [5.41, 5.74) is 2.37. The van der Waals surface area contributed by atoms with Crippen molar-refractivity contribution in [2.75, 3.05) is 18.5 Å². The zero-order valence-corrected chi connectivity index (χ0v) is 19.5. The number of rotatable bonds is 11. The van der Waals surface area contributed by atoms with E-state index in [1.54, 1.807) is 24.3 Å². The van der Waals surface area contributed by atoms with Gasteiger partial charge in [0.2, 0.25) is 5.91 Å². The first kappa shape index (κ1) is 23.9. The molecule has 2 aromatic carbocycles. The average Bonchev–Trinajstić information content (AvgIpc) is 2.72. The molecule has 6 heteroatoms. The van der Waals surface area contributed by atoms with Gasteiger partial charge in [-0.05, 0) is 76.7 Å². The average molecular weight is 476 g/mol. The van der Waals surface area contributed by atoms with Crippen LogP contribution < -0.4 is 10.1 Å². The van der Waals surface area contributed by atoms with Crippen molar-refractivity contribution in [1.29, 1.82) is 0 Å². The van der Waals surface area contributed by atoms with Gasteiger partial charge in [-0.15, -0.1) is 0 Å². The van der Waals surface area contributed by atoms with Crippen LogP contribution >= 0.6 is 15.9 Å². The van der Waals surface area contributed by atoms with Crippen LogP contribution in [0.15, 0.2) is 46.9 Å². The summed E-state index contributed by atoms with van der Waals surface area (Å²) < 4.78 is 11.9. The number of ether oxygens (including phenoxy) is 2. The van der Waals surface area contributed by atoms with Gasteiger partial charge >= 0.3 is 5.97 Å². The Morgan fingerprint density at radius 1 is 1.03 bits per heavy atom. The topological polar surface area (TPSA) is 64.6 Å². The van der Waals surface area contributed by atoms with Gasteiger partial charge in [-0.1, -0.05) is 33.3 Å².